The smallest absolute Gasteiger partial charge is 0.332 e. The van der Waals surface area contributed by atoms with Crippen LogP contribution in [0.3, 0.4) is 0 Å². The maximum atomic E-state index is 10.7. The average Bonchev–Trinajstić information content (AvgIpc) is 2.60. The van der Waals surface area contributed by atoms with Crippen LogP contribution in [0.2, 0.25) is 0 Å². The van der Waals surface area contributed by atoms with E-state index in [1.807, 2.05) is 38.1 Å². The first-order chi connectivity index (χ1) is 13.0. The molecule has 0 saturated heterocycles. The van der Waals surface area contributed by atoms with Gasteiger partial charge in [-0.25, -0.2) is 10.2 Å². The van der Waals surface area contributed by atoms with Crippen LogP contribution in [-0.4, -0.2) is 32.1 Å². The Balaban J connectivity index is 2.01. The van der Waals surface area contributed by atoms with Crippen LogP contribution in [0.15, 0.2) is 46.0 Å². The van der Waals surface area contributed by atoms with Gasteiger partial charge < -0.3 is 19.9 Å². The van der Waals surface area contributed by atoms with Gasteiger partial charge in [0, 0.05) is 0 Å². The number of urea groups is 1. The zero-order chi connectivity index (χ0) is 19.6. The molecule has 0 bridgehead atoms. The number of hydrazone groups is 1. The molecule has 0 aliphatic carbocycles. The molecule has 0 saturated carbocycles. The number of halogens is 1. The minimum Gasteiger partial charge on any atom is -0.490 e. The molecule has 2 rings (SSSR count). The van der Waals surface area contributed by atoms with Gasteiger partial charge in [0.1, 0.15) is 19.0 Å². The topological polar surface area (TPSA) is 95.2 Å². The Kier molecular flexibility index (Phi) is 7.94. The second-order valence-corrected chi connectivity index (χ2v) is 6.37. The minimum atomic E-state index is -0.732. The van der Waals surface area contributed by atoms with Gasteiger partial charge in [-0.05, 0) is 65.2 Å². The first-order valence-electron chi connectivity index (χ1n) is 8.36. The molecule has 144 valence electrons. The molecule has 0 fully saturated rings. The van der Waals surface area contributed by atoms with Gasteiger partial charge in [0.05, 0.1) is 17.3 Å². The number of hydrogen-bond donors (Lipinski definition) is 2. The Morgan fingerprint density at radius 2 is 2.00 bits per heavy atom. The third-order valence-corrected chi connectivity index (χ3v) is 3.90. The molecular formula is C19H22BrN3O4. The van der Waals surface area contributed by atoms with Crippen molar-refractivity contribution in [3.63, 3.8) is 0 Å². The van der Waals surface area contributed by atoms with Crippen LogP contribution in [0, 0.1) is 6.92 Å². The summed E-state index contributed by atoms with van der Waals surface area (Å²) in [5.41, 5.74) is 8.97. The maximum absolute atomic E-state index is 10.7. The van der Waals surface area contributed by atoms with Gasteiger partial charge in [-0.3, -0.25) is 0 Å². The normalized spacial score (nSPS) is 10.6. The number of nitrogens with one attached hydrogen (secondary N) is 1. The number of rotatable bonds is 9. The zero-order valence-electron chi connectivity index (χ0n) is 15.2. The van der Waals surface area contributed by atoms with Gasteiger partial charge in [0.2, 0.25) is 0 Å². The van der Waals surface area contributed by atoms with Gasteiger partial charge in [-0.2, -0.15) is 5.10 Å². The van der Waals surface area contributed by atoms with Crippen LogP contribution in [0.5, 0.6) is 17.2 Å². The standard InChI is InChI=1S/C19H22BrN3O4/c1-3-25-17-11-14(12-22-23-19(21)24)10-16(20)18(17)27-8-7-26-15-6-4-5-13(2)9-15/h4-6,9-12H,3,7-8H2,1-2H3,(H3,21,23,24)/b22-12-. The third kappa shape index (κ3) is 6.82. The molecule has 0 spiro atoms. The van der Waals surface area contributed by atoms with Crippen LogP contribution in [0.25, 0.3) is 0 Å². The van der Waals surface area contributed by atoms with E-state index in [1.54, 1.807) is 12.1 Å². The van der Waals surface area contributed by atoms with Crippen molar-refractivity contribution >= 4 is 28.2 Å². The van der Waals surface area contributed by atoms with Gasteiger partial charge in [-0.15, -0.1) is 0 Å². The fraction of sp³-hybridized carbons (Fsp3) is 0.263. The fourth-order valence-electron chi connectivity index (χ4n) is 2.24. The lowest BCUT2D eigenvalue weighted by atomic mass is 10.2. The van der Waals surface area contributed by atoms with Crippen molar-refractivity contribution in [3.05, 3.63) is 52.0 Å². The molecular weight excluding hydrogens is 414 g/mol. The number of benzene rings is 2. The van der Waals surface area contributed by atoms with Crippen LogP contribution >= 0.6 is 15.9 Å². The van der Waals surface area contributed by atoms with E-state index in [4.69, 9.17) is 19.9 Å². The highest BCUT2D eigenvalue weighted by molar-refractivity contribution is 9.10. The van der Waals surface area contributed by atoms with E-state index in [2.05, 4.69) is 26.5 Å². The first kappa shape index (κ1) is 20.6. The first-order valence-corrected chi connectivity index (χ1v) is 9.16. The molecule has 0 heterocycles. The Morgan fingerprint density at radius 3 is 2.70 bits per heavy atom. The zero-order valence-corrected chi connectivity index (χ0v) is 16.8. The highest BCUT2D eigenvalue weighted by Gasteiger charge is 2.12. The summed E-state index contributed by atoms with van der Waals surface area (Å²) < 4.78 is 17.9. The van der Waals surface area contributed by atoms with Gasteiger partial charge in [-0.1, -0.05) is 12.1 Å². The van der Waals surface area contributed by atoms with Crippen molar-refractivity contribution in [3.8, 4) is 17.2 Å². The average molecular weight is 436 g/mol. The molecule has 27 heavy (non-hydrogen) atoms. The predicted molar refractivity (Wildman–Crippen MR) is 108 cm³/mol. The fourth-order valence-corrected chi connectivity index (χ4v) is 2.82. The van der Waals surface area contributed by atoms with E-state index in [1.165, 1.54) is 6.21 Å². The molecule has 0 aliphatic rings. The molecule has 8 heteroatoms. The lowest BCUT2D eigenvalue weighted by Gasteiger charge is -2.15. The number of ether oxygens (including phenoxy) is 3. The summed E-state index contributed by atoms with van der Waals surface area (Å²) in [7, 11) is 0. The van der Waals surface area contributed by atoms with Crippen LogP contribution in [-0.2, 0) is 0 Å². The summed E-state index contributed by atoms with van der Waals surface area (Å²) in [6.07, 6.45) is 1.46. The Hall–Kier alpha value is -2.74. The molecule has 0 aromatic heterocycles. The number of primary amides is 1. The van der Waals surface area contributed by atoms with Crippen molar-refractivity contribution in [2.45, 2.75) is 13.8 Å². The number of nitrogens with zero attached hydrogens (tertiary/aromatic N) is 1. The van der Waals surface area contributed by atoms with Gasteiger partial charge in [0.15, 0.2) is 11.5 Å². The van der Waals surface area contributed by atoms with E-state index in [-0.39, 0.29) is 0 Å². The third-order valence-electron chi connectivity index (χ3n) is 3.31. The monoisotopic (exact) mass is 435 g/mol. The minimum absolute atomic E-state index is 0.350. The number of carbonyl (C=O) groups excluding carboxylic acids is 1. The van der Waals surface area contributed by atoms with E-state index in [0.29, 0.717) is 41.4 Å². The van der Waals surface area contributed by atoms with Crippen molar-refractivity contribution in [1.82, 2.24) is 5.43 Å². The Morgan fingerprint density at radius 1 is 1.22 bits per heavy atom. The summed E-state index contributed by atoms with van der Waals surface area (Å²) in [6, 6.07) is 10.7. The lowest BCUT2D eigenvalue weighted by molar-refractivity contribution is 0.207. The molecule has 7 nitrogen and oxygen atoms in total. The summed E-state index contributed by atoms with van der Waals surface area (Å²) in [6.45, 7) is 5.12. The molecule has 0 atom stereocenters. The molecule has 0 radical (unpaired) electrons. The van der Waals surface area contributed by atoms with Crippen molar-refractivity contribution < 1.29 is 19.0 Å². The Bertz CT molecular complexity index is 812. The largest absolute Gasteiger partial charge is 0.490 e. The van der Waals surface area contributed by atoms with Crippen molar-refractivity contribution in [2.24, 2.45) is 10.8 Å². The maximum Gasteiger partial charge on any atom is 0.332 e. The van der Waals surface area contributed by atoms with Gasteiger partial charge >= 0.3 is 6.03 Å². The van der Waals surface area contributed by atoms with E-state index in [0.717, 1.165) is 11.3 Å². The second kappa shape index (κ2) is 10.4. The van der Waals surface area contributed by atoms with E-state index >= 15 is 0 Å². The summed E-state index contributed by atoms with van der Waals surface area (Å²) in [5, 5.41) is 3.74. The van der Waals surface area contributed by atoms with Gasteiger partial charge in [0.25, 0.3) is 0 Å². The molecule has 3 N–H and O–H groups in total. The van der Waals surface area contributed by atoms with E-state index < -0.39 is 6.03 Å². The van der Waals surface area contributed by atoms with Crippen LogP contribution in [0.1, 0.15) is 18.1 Å². The molecule has 2 aromatic carbocycles. The number of amides is 2. The predicted octanol–water partition coefficient (Wildman–Crippen LogP) is 3.62. The second-order valence-electron chi connectivity index (χ2n) is 5.51. The van der Waals surface area contributed by atoms with Crippen molar-refractivity contribution in [1.29, 1.82) is 0 Å². The summed E-state index contributed by atoms with van der Waals surface area (Å²) in [4.78, 5) is 10.7. The van der Waals surface area contributed by atoms with Crippen LogP contribution < -0.4 is 25.4 Å². The molecule has 0 unspecified atom stereocenters. The number of carbonyl (C=O) groups is 1. The lowest BCUT2D eigenvalue weighted by Crippen LogP contribution is -2.24. The SMILES string of the molecule is CCOc1cc(/C=N\NC(N)=O)cc(Br)c1OCCOc1cccc(C)c1. The summed E-state index contributed by atoms with van der Waals surface area (Å²) in [5.74, 6) is 1.93. The Labute approximate surface area is 166 Å². The van der Waals surface area contributed by atoms with Crippen molar-refractivity contribution in [2.75, 3.05) is 19.8 Å². The molecule has 2 aromatic rings. The summed E-state index contributed by atoms with van der Waals surface area (Å²) >= 11 is 3.48. The molecule has 2 amide bonds. The number of hydrogen-bond acceptors (Lipinski definition) is 5. The highest BCUT2D eigenvalue weighted by Crippen LogP contribution is 2.36. The quantitative estimate of drug-likeness (QED) is 0.357. The van der Waals surface area contributed by atoms with Crippen LogP contribution in [0.4, 0.5) is 4.79 Å². The number of nitrogens with two attached hydrogens (primary N) is 1. The van der Waals surface area contributed by atoms with E-state index in [9.17, 15) is 4.79 Å². The highest BCUT2D eigenvalue weighted by atomic mass is 79.9. The number of aryl methyl sites for hydroxylation is 1. The molecule has 0 aliphatic heterocycles.